The number of rotatable bonds is 8. The van der Waals surface area contributed by atoms with Gasteiger partial charge in [-0.25, -0.2) is 13.1 Å². The largest absolute Gasteiger partial charge is 0.496 e. The van der Waals surface area contributed by atoms with Gasteiger partial charge in [-0.3, -0.25) is 4.79 Å². The van der Waals surface area contributed by atoms with E-state index in [1.165, 1.54) is 25.3 Å². The van der Waals surface area contributed by atoms with Gasteiger partial charge in [0.15, 0.2) is 0 Å². The van der Waals surface area contributed by atoms with E-state index in [0.29, 0.717) is 18.0 Å². The predicted molar refractivity (Wildman–Crippen MR) is 99.4 cm³/mol. The van der Waals surface area contributed by atoms with Crippen molar-refractivity contribution < 1.29 is 22.7 Å². The van der Waals surface area contributed by atoms with Crippen LogP contribution in [-0.4, -0.2) is 34.6 Å². The van der Waals surface area contributed by atoms with Crippen molar-refractivity contribution in [3.63, 3.8) is 0 Å². The molecule has 2 aromatic rings. The summed E-state index contributed by atoms with van der Waals surface area (Å²) < 4.78 is 37.5. The smallest absolute Gasteiger partial charge is 0.259 e. The number of methoxy groups -OCH3 is 1. The second kappa shape index (κ2) is 8.68. The Morgan fingerprint density at radius 3 is 2.46 bits per heavy atom. The molecule has 0 aliphatic carbocycles. The van der Waals surface area contributed by atoms with Crippen molar-refractivity contribution in [2.45, 2.75) is 18.7 Å². The van der Waals surface area contributed by atoms with Crippen LogP contribution >= 0.6 is 0 Å². The first-order valence-electron chi connectivity index (χ1n) is 8.13. The van der Waals surface area contributed by atoms with E-state index in [1.807, 2.05) is 6.92 Å². The molecule has 0 atom stereocenters. The maximum atomic E-state index is 12.7. The number of para-hydroxylation sites is 2. The van der Waals surface area contributed by atoms with Crippen LogP contribution in [0.2, 0.25) is 0 Å². The summed E-state index contributed by atoms with van der Waals surface area (Å²) >= 11 is 0. The zero-order chi connectivity index (χ0) is 19.2. The van der Waals surface area contributed by atoms with E-state index in [4.69, 9.17) is 9.47 Å². The normalized spacial score (nSPS) is 11.0. The third-order valence-electron chi connectivity index (χ3n) is 3.50. The van der Waals surface area contributed by atoms with Crippen molar-refractivity contribution in [2.24, 2.45) is 0 Å². The number of nitrogens with one attached hydrogen (secondary N) is 2. The van der Waals surface area contributed by atoms with Gasteiger partial charge in [0.2, 0.25) is 10.0 Å². The first-order chi connectivity index (χ1) is 12.4. The van der Waals surface area contributed by atoms with Gasteiger partial charge >= 0.3 is 0 Å². The van der Waals surface area contributed by atoms with Gasteiger partial charge in [0, 0.05) is 6.54 Å². The summed E-state index contributed by atoms with van der Waals surface area (Å²) in [6, 6.07) is 11.1. The van der Waals surface area contributed by atoms with Gasteiger partial charge in [-0.2, -0.15) is 0 Å². The van der Waals surface area contributed by atoms with E-state index in [0.717, 1.165) is 0 Å². The Bertz CT molecular complexity index is 881. The van der Waals surface area contributed by atoms with Gasteiger partial charge in [0.05, 0.1) is 29.9 Å². The Morgan fingerprint density at radius 1 is 1.08 bits per heavy atom. The summed E-state index contributed by atoms with van der Waals surface area (Å²) in [5, 5.41) is 2.74. The molecule has 0 spiro atoms. The molecule has 140 valence electrons. The number of anilines is 1. The fourth-order valence-electron chi connectivity index (χ4n) is 2.35. The first kappa shape index (κ1) is 19.7. The molecule has 7 nitrogen and oxygen atoms in total. The Balaban J connectivity index is 2.39. The molecular weight excluding hydrogens is 356 g/mol. The quantitative estimate of drug-likeness (QED) is 0.736. The molecule has 26 heavy (non-hydrogen) atoms. The Morgan fingerprint density at radius 2 is 1.81 bits per heavy atom. The topological polar surface area (TPSA) is 93.7 Å². The number of carbonyl (C=O) groups is 1. The van der Waals surface area contributed by atoms with Gasteiger partial charge in [-0.1, -0.05) is 19.1 Å². The molecular formula is C18H22N2O5S. The van der Waals surface area contributed by atoms with Crippen LogP contribution < -0.4 is 19.5 Å². The number of amides is 1. The number of benzene rings is 2. The third kappa shape index (κ3) is 4.53. The molecule has 1 amide bonds. The minimum absolute atomic E-state index is 0.0107. The lowest BCUT2D eigenvalue weighted by Gasteiger charge is -2.14. The number of sulfonamides is 1. The van der Waals surface area contributed by atoms with E-state index in [9.17, 15) is 13.2 Å². The molecule has 0 saturated heterocycles. The molecule has 0 heterocycles. The minimum Gasteiger partial charge on any atom is -0.496 e. The highest BCUT2D eigenvalue weighted by atomic mass is 32.2. The summed E-state index contributed by atoms with van der Waals surface area (Å²) in [5.41, 5.74) is 0.596. The molecule has 0 bridgehead atoms. The van der Waals surface area contributed by atoms with Crippen molar-refractivity contribution in [3.8, 4) is 11.5 Å². The molecule has 0 aliphatic rings. The molecule has 0 fully saturated rings. The van der Waals surface area contributed by atoms with Gasteiger partial charge in [-0.15, -0.1) is 0 Å². The molecule has 8 heteroatoms. The second-order valence-electron chi connectivity index (χ2n) is 5.25. The van der Waals surface area contributed by atoms with Crippen molar-refractivity contribution in [3.05, 3.63) is 48.0 Å². The standard InChI is InChI=1S/C18H22N2O5S/c1-4-19-26(22,23)13-10-11-16(24-3)14(12-13)18(21)20-15-8-6-7-9-17(15)25-5-2/h6-12,19H,4-5H2,1-3H3,(H,20,21). The van der Waals surface area contributed by atoms with E-state index in [2.05, 4.69) is 10.0 Å². The fraction of sp³-hybridized carbons (Fsp3) is 0.278. The SMILES string of the molecule is CCNS(=O)(=O)c1ccc(OC)c(C(=O)Nc2ccccc2OCC)c1. The van der Waals surface area contributed by atoms with Crippen LogP contribution in [0, 0.1) is 0 Å². The number of ether oxygens (including phenoxy) is 2. The fourth-order valence-corrected chi connectivity index (χ4v) is 3.41. The van der Waals surface area contributed by atoms with Crippen molar-refractivity contribution in [1.29, 1.82) is 0 Å². The lowest BCUT2D eigenvalue weighted by Crippen LogP contribution is -2.24. The highest BCUT2D eigenvalue weighted by Crippen LogP contribution is 2.27. The Hall–Kier alpha value is -2.58. The van der Waals surface area contributed by atoms with Crippen LogP contribution in [0.15, 0.2) is 47.4 Å². The average molecular weight is 378 g/mol. The number of hydrogen-bond acceptors (Lipinski definition) is 5. The summed E-state index contributed by atoms with van der Waals surface area (Å²) in [5.74, 6) is 0.299. The van der Waals surface area contributed by atoms with Gasteiger partial charge in [0.1, 0.15) is 11.5 Å². The van der Waals surface area contributed by atoms with Crippen molar-refractivity contribution >= 4 is 21.6 Å². The van der Waals surface area contributed by atoms with Crippen molar-refractivity contribution in [1.82, 2.24) is 4.72 Å². The summed E-state index contributed by atoms with van der Waals surface area (Å²) in [6.45, 7) is 4.22. The summed E-state index contributed by atoms with van der Waals surface area (Å²) in [4.78, 5) is 12.7. The highest BCUT2D eigenvalue weighted by Gasteiger charge is 2.20. The van der Waals surface area contributed by atoms with Crippen molar-refractivity contribution in [2.75, 3.05) is 25.6 Å². The van der Waals surface area contributed by atoms with E-state index < -0.39 is 15.9 Å². The monoisotopic (exact) mass is 378 g/mol. The van der Waals surface area contributed by atoms with Crippen LogP contribution in [0.25, 0.3) is 0 Å². The lowest BCUT2D eigenvalue weighted by molar-refractivity contribution is 0.102. The average Bonchev–Trinajstić information content (AvgIpc) is 2.63. The molecule has 0 aliphatic heterocycles. The summed E-state index contributed by atoms with van der Waals surface area (Å²) in [6.07, 6.45) is 0. The first-order valence-corrected chi connectivity index (χ1v) is 9.62. The lowest BCUT2D eigenvalue weighted by atomic mass is 10.1. The van der Waals surface area contributed by atoms with Crippen LogP contribution in [0.4, 0.5) is 5.69 Å². The van der Waals surface area contributed by atoms with Gasteiger partial charge in [-0.05, 0) is 37.3 Å². The zero-order valence-electron chi connectivity index (χ0n) is 14.9. The molecule has 0 saturated carbocycles. The molecule has 2 N–H and O–H groups in total. The van der Waals surface area contributed by atoms with Crippen LogP contribution in [0.1, 0.15) is 24.2 Å². The zero-order valence-corrected chi connectivity index (χ0v) is 15.7. The van der Waals surface area contributed by atoms with Crippen LogP contribution in [0.5, 0.6) is 11.5 Å². The molecule has 2 aromatic carbocycles. The number of hydrogen-bond donors (Lipinski definition) is 2. The maximum absolute atomic E-state index is 12.7. The van der Waals surface area contributed by atoms with E-state index in [1.54, 1.807) is 31.2 Å². The maximum Gasteiger partial charge on any atom is 0.259 e. The molecule has 2 rings (SSSR count). The summed E-state index contributed by atoms with van der Waals surface area (Å²) in [7, 11) is -2.28. The molecule has 0 aromatic heterocycles. The van der Waals surface area contributed by atoms with E-state index >= 15 is 0 Å². The van der Waals surface area contributed by atoms with Gasteiger partial charge in [0.25, 0.3) is 5.91 Å². The predicted octanol–water partition coefficient (Wildman–Crippen LogP) is 2.64. The Labute approximate surface area is 153 Å². The van der Waals surface area contributed by atoms with Gasteiger partial charge < -0.3 is 14.8 Å². The Kier molecular flexibility index (Phi) is 6.59. The highest BCUT2D eigenvalue weighted by molar-refractivity contribution is 7.89. The molecule has 0 radical (unpaired) electrons. The minimum atomic E-state index is -3.69. The van der Waals surface area contributed by atoms with Crippen LogP contribution in [-0.2, 0) is 10.0 Å². The number of carbonyl (C=O) groups excluding carboxylic acids is 1. The van der Waals surface area contributed by atoms with E-state index in [-0.39, 0.29) is 22.8 Å². The third-order valence-corrected chi connectivity index (χ3v) is 5.04. The van der Waals surface area contributed by atoms with Crippen LogP contribution in [0.3, 0.4) is 0 Å². The molecule has 0 unspecified atom stereocenters. The second-order valence-corrected chi connectivity index (χ2v) is 7.01.